The first kappa shape index (κ1) is 23.4. The van der Waals surface area contributed by atoms with E-state index in [0.29, 0.717) is 24.0 Å². The summed E-state index contributed by atoms with van der Waals surface area (Å²) in [4.78, 5) is 19.9. The number of nitrogens with one attached hydrogen (secondary N) is 1. The molecule has 1 aliphatic rings. The molecule has 0 aliphatic carbocycles. The van der Waals surface area contributed by atoms with Crippen LogP contribution in [0.5, 0.6) is 0 Å². The van der Waals surface area contributed by atoms with Gasteiger partial charge in [-0.1, -0.05) is 67.9 Å². The van der Waals surface area contributed by atoms with Gasteiger partial charge in [0.25, 0.3) is 0 Å². The molecule has 0 unspecified atom stereocenters. The molecule has 7 heteroatoms. The molecule has 0 bridgehead atoms. The van der Waals surface area contributed by atoms with E-state index in [0.717, 1.165) is 47.5 Å². The first-order chi connectivity index (χ1) is 17.0. The van der Waals surface area contributed by atoms with Crippen molar-refractivity contribution in [2.24, 2.45) is 5.92 Å². The normalized spacial score (nSPS) is 16.1. The molecular formula is C28H30ClN5O. The smallest absolute Gasteiger partial charge is 0.225 e. The van der Waals surface area contributed by atoms with Crippen molar-refractivity contribution in [3.05, 3.63) is 83.1 Å². The Morgan fingerprint density at radius 2 is 1.97 bits per heavy atom. The summed E-state index contributed by atoms with van der Waals surface area (Å²) in [5.74, 6) is 1.37. The molecule has 1 aliphatic heterocycles. The van der Waals surface area contributed by atoms with Crippen LogP contribution in [0.3, 0.4) is 0 Å². The van der Waals surface area contributed by atoms with E-state index in [-0.39, 0.29) is 11.8 Å². The molecule has 5 rings (SSSR count). The zero-order valence-electron chi connectivity index (χ0n) is 20.1. The van der Waals surface area contributed by atoms with E-state index >= 15 is 0 Å². The second-order valence-corrected chi connectivity index (χ2v) is 9.90. The number of rotatable bonds is 6. The molecule has 0 radical (unpaired) electrons. The molecule has 2 aromatic carbocycles. The Hall–Kier alpha value is -3.38. The highest BCUT2D eigenvalue weighted by atomic mass is 35.5. The summed E-state index contributed by atoms with van der Waals surface area (Å²) in [6.07, 6.45) is 5.42. The van der Waals surface area contributed by atoms with Crippen LogP contribution in [0.2, 0.25) is 5.02 Å². The molecule has 3 heterocycles. The summed E-state index contributed by atoms with van der Waals surface area (Å²) in [6.45, 7) is 6.41. The van der Waals surface area contributed by atoms with Crippen molar-refractivity contribution in [3.63, 3.8) is 0 Å². The molecule has 1 N–H and O–H groups in total. The summed E-state index contributed by atoms with van der Waals surface area (Å²) in [6, 6.07) is 18.2. The summed E-state index contributed by atoms with van der Waals surface area (Å²) < 4.78 is 1.84. The zero-order valence-corrected chi connectivity index (χ0v) is 20.9. The van der Waals surface area contributed by atoms with E-state index in [9.17, 15) is 4.79 Å². The molecular weight excluding hydrogens is 458 g/mol. The third-order valence-electron chi connectivity index (χ3n) is 6.72. The van der Waals surface area contributed by atoms with Crippen molar-refractivity contribution >= 4 is 28.8 Å². The molecule has 2 aromatic heterocycles. The Bertz CT molecular complexity index is 1330. The average molecular weight is 488 g/mol. The van der Waals surface area contributed by atoms with Crippen molar-refractivity contribution in [1.29, 1.82) is 0 Å². The predicted octanol–water partition coefficient (Wildman–Crippen LogP) is 5.71. The van der Waals surface area contributed by atoms with Crippen LogP contribution in [0.25, 0.3) is 16.8 Å². The topological polar surface area (TPSA) is 62.5 Å². The van der Waals surface area contributed by atoms with Crippen LogP contribution in [0.15, 0.2) is 67.0 Å². The van der Waals surface area contributed by atoms with E-state index in [4.69, 9.17) is 16.7 Å². The van der Waals surface area contributed by atoms with Gasteiger partial charge in [-0.25, -0.2) is 9.50 Å². The first-order valence-corrected chi connectivity index (χ1v) is 12.6. The highest BCUT2D eigenvalue weighted by Crippen LogP contribution is 2.31. The van der Waals surface area contributed by atoms with Crippen LogP contribution in [-0.4, -0.2) is 33.6 Å². The fourth-order valence-corrected chi connectivity index (χ4v) is 4.92. The second-order valence-electron chi connectivity index (χ2n) is 9.49. The van der Waals surface area contributed by atoms with Gasteiger partial charge >= 0.3 is 0 Å². The van der Waals surface area contributed by atoms with E-state index in [1.165, 1.54) is 5.56 Å². The van der Waals surface area contributed by atoms with Crippen molar-refractivity contribution in [1.82, 2.24) is 19.9 Å². The maximum atomic E-state index is 13.0. The molecule has 35 heavy (non-hydrogen) atoms. The molecule has 1 saturated heterocycles. The maximum absolute atomic E-state index is 13.0. The van der Waals surface area contributed by atoms with Gasteiger partial charge in [-0.15, -0.1) is 0 Å². The van der Waals surface area contributed by atoms with E-state index in [2.05, 4.69) is 53.3 Å². The molecule has 1 fully saturated rings. The van der Waals surface area contributed by atoms with E-state index in [1.807, 2.05) is 41.0 Å². The van der Waals surface area contributed by atoms with Gasteiger partial charge in [-0.05, 0) is 42.0 Å². The minimum atomic E-state index is -0.0771. The van der Waals surface area contributed by atoms with Crippen LogP contribution in [0.1, 0.15) is 43.7 Å². The fourth-order valence-electron chi connectivity index (χ4n) is 4.69. The molecule has 1 amide bonds. The van der Waals surface area contributed by atoms with Gasteiger partial charge < -0.3 is 10.2 Å². The minimum absolute atomic E-state index is 0.0771. The molecule has 6 nitrogen and oxygen atoms in total. The summed E-state index contributed by atoms with van der Waals surface area (Å²) in [7, 11) is 0. The van der Waals surface area contributed by atoms with Gasteiger partial charge in [-0.3, -0.25) is 4.79 Å². The minimum Gasteiger partial charge on any atom is -0.354 e. The molecule has 1 atom stereocenters. The monoisotopic (exact) mass is 487 g/mol. The van der Waals surface area contributed by atoms with Crippen molar-refractivity contribution < 1.29 is 4.79 Å². The number of carbonyl (C=O) groups excluding carboxylic acids is 1. The standard InChI is InChI=1S/C28H30ClN5O/c1-19(2)21-11-9-20(10-12-21)17-31-28(35)22-6-5-14-33(18-22)27-26-16-25(32-34(26)15-13-30-27)23-7-3-4-8-24(23)29/h3-4,7-13,15-16,19,22H,5-6,14,17-18H2,1-2H3,(H,31,35)/t22-/m0/s1. The van der Waals surface area contributed by atoms with E-state index < -0.39 is 0 Å². The fraction of sp³-hybridized carbons (Fsp3) is 0.321. The van der Waals surface area contributed by atoms with Gasteiger partial charge in [0.2, 0.25) is 5.91 Å². The lowest BCUT2D eigenvalue weighted by molar-refractivity contribution is -0.125. The number of carbonyl (C=O) groups is 1. The largest absolute Gasteiger partial charge is 0.354 e. The first-order valence-electron chi connectivity index (χ1n) is 12.2. The molecule has 4 aromatic rings. The third kappa shape index (κ3) is 5.03. The second kappa shape index (κ2) is 10.1. The van der Waals surface area contributed by atoms with Crippen LogP contribution < -0.4 is 10.2 Å². The number of hydrogen-bond donors (Lipinski definition) is 1. The van der Waals surface area contributed by atoms with E-state index in [1.54, 1.807) is 6.20 Å². The lowest BCUT2D eigenvalue weighted by Crippen LogP contribution is -2.43. The predicted molar refractivity (Wildman–Crippen MR) is 141 cm³/mol. The van der Waals surface area contributed by atoms with Crippen molar-refractivity contribution in [3.8, 4) is 11.3 Å². The van der Waals surface area contributed by atoms with Gasteiger partial charge in [0.05, 0.1) is 16.6 Å². The summed E-state index contributed by atoms with van der Waals surface area (Å²) in [5.41, 5.74) is 5.03. The van der Waals surface area contributed by atoms with Gasteiger partial charge in [0, 0.05) is 37.6 Å². The van der Waals surface area contributed by atoms with Crippen LogP contribution in [-0.2, 0) is 11.3 Å². The highest BCUT2D eigenvalue weighted by molar-refractivity contribution is 6.33. The lowest BCUT2D eigenvalue weighted by Gasteiger charge is -2.33. The average Bonchev–Trinajstić information content (AvgIpc) is 3.32. The number of fused-ring (bicyclic) bond motifs is 1. The number of amides is 1. The van der Waals surface area contributed by atoms with Crippen molar-refractivity contribution in [2.45, 2.75) is 39.2 Å². The number of piperidine rings is 1. The Morgan fingerprint density at radius 1 is 1.17 bits per heavy atom. The number of anilines is 1. The Morgan fingerprint density at radius 3 is 2.74 bits per heavy atom. The lowest BCUT2D eigenvalue weighted by atomic mass is 9.96. The number of benzene rings is 2. The number of nitrogens with zero attached hydrogens (tertiary/aromatic N) is 4. The number of hydrogen-bond acceptors (Lipinski definition) is 4. The van der Waals surface area contributed by atoms with Gasteiger partial charge in [0.15, 0.2) is 5.82 Å². The third-order valence-corrected chi connectivity index (χ3v) is 7.05. The molecule has 0 saturated carbocycles. The van der Waals surface area contributed by atoms with Crippen LogP contribution in [0.4, 0.5) is 5.82 Å². The zero-order chi connectivity index (χ0) is 24.4. The van der Waals surface area contributed by atoms with Crippen LogP contribution >= 0.6 is 11.6 Å². The quantitative estimate of drug-likeness (QED) is 0.378. The van der Waals surface area contributed by atoms with Crippen LogP contribution in [0, 0.1) is 5.92 Å². The Kier molecular flexibility index (Phi) is 6.73. The van der Waals surface area contributed by atoms with Gasteiger partial charge in [0.1, 0.15) is 5.52 Å². The summed E-state index contributed by atoms with van der Waals surface area (Å²) in [5, 5.41) is 8.53. The summed E-state index contributed by atoms with van der Waals surface area (Å²) >= 11 is 6.40. The molecule has 180 valence electrons. The number of aromatic nitrogens is 3. The highest BCUT2D eigenvalue weighted by Gasteiger charge is 2.28. The van der Waals surface area contributed by atoms with Gasteiger partial charge in [-0.2, -0.15) is 5.10 Å². The maximum Gasteiger partial charge on any atom is 0.225 e. The number of halogens is 1. The molecule has 0 spiro atoms. The SMILES string of the molecule is CC(C)c1ccc(CNC(=O)[C@H]2CCCN(c3nccn4nc(-c5ccccc5Cl)cc34)C2)cc1. The Labute approximate surface area is 210 Å². The Balaban J connectivity index is 1.30. The van der Waals surface area contributed by atoms with Crippen molar-refractivity contribution in [2.75, 3.05) is 18.0 Å².